The summed E-state index contributed by atoms with van der Waals surface area (Å²) in [5.41, 5.74) is 0. The van der Waals surface area contributed by atoms with Crippen LogP contribution in [0.15, 0.2) is 12.2 Å². The molecular weight excluding hydrogens is 663 g/mol. The van der Waals surface area contributed by atoms with Crippen LogP contribution in [0.5, 0.6) is 0 Å². The van der Waals surface area contributed by atoms with Crippen molar-refractivity contribution in [2.24, 2.45) is 0 Å². The van der Waals surface area contributed by atoms with E-state index in [1.807, 2.05) is 0 Å². The Kier molecular flexibility index (Phi) is 43.0. The molecule has 0 fully saturated rings. The van der Waals surface area contributed by atoms with Crippen LogP contribution in [-0.2, 0) is 19.1 Å². The van der Waals surface area contributed by atoms with E-state index in [9.17, 15) is 9.59 Å². The van der Waals surface area contributed by atoms with E-state index >= 15 is 0 Å². The number of unbranched alkanes of at least 4 members (excludes halogenated alkanes) is 30. The molecule has 2 radical (unpaired) electrons. The summed E-state index contributed by atoms with van der Waals surface area (Å²) in [6.45, 7) is 5.41. The Labute approximate surface area is 298 Å². The van der Waals surface area contributed by atoms with Crippen LogP contribution in [0, 0.1) is 0 Å². The summed E-state index contributed by atoms with van der Waals surface area (Å²) in [7, 11) is 0. The van der Waals surface area contributed by atoms with Gasteiger partial charge in [0.25, 0.3) is 0 Å². The maximum absolute atomic E-state index is 11.8. The van der Waals surface area contributed by atoms with Gasteiger partial charge in [-0.15, -0.1) is 0 Å². The van der Waals surface area contributed by atoms with Crippen LogP contribution in [0.3, 0.4) is 0 Å². The first kappa shape index (κ1) is 46.6. The Morgan fingerprint density at radius 3 is 0.711 bits per heavy atom. The van der Waals surface area contributed by atoms with Crippen LogP contribution in [0.1, 0.15) is 219 Å². The maximum atomic E-state index is 11.8. The van der Waals surface area contributed by atoms with Gasteiger partial charge in [-0.3, -0.25) is 0 Å². The van der Waals surface area contributed by atoms with Gasteiger partial charge in [-0.05, 0) is 12.8 Å². The Bertz CT molecular complexity index is 569. The Morgan fingerprint density at radius 2 is 0.511 bits per heavy atom. The zero-order valence-electron chi connectivity index (χ0n) is 30.5. The Hall–Kier alpha value is -0.521. The quantitative estimate of drug-likeness (QED) is 0.0278. The number of hydrogen-bond acceptors (Lipinski definition) is 4. The standard InChI is InChI=1S/C40H76O4.Sn.2H/c1-3-5-7-9-11-13-15-17-19-21-23-25-27-29-31-33-37-43-39(41)35-36-40(42)44-38-34-32-30-28-26-24-22-20-18-16-14-12-10-8-6-4-2;;;/h35-36H,3-34,37-38H2,1-2H3;;;/b36-35-;;;. The molecule has 0 bridgehead atoms. The second kappa shape index (κ2) is 41.5. The van der Waals surface area contributed by atoms with Crippen molar-refractivity contribution in [3.8, 4) is 0 Å². The average molecular weight is 742 g/mol. The van der Waals surface area contributed by atoms with E-state index in [1.54, 1.807) is 0 Å². The Balaban J connectivity index is 0. The molecule has 266 valence electrons. The van der Waals surface area contributed by atoms with Crippen LogP contribution >= 0.6 is 0 Å². The van der Waals surface area contributed by atoms with E-state index < -0.39 is 11.9 Å². The molecule has 0 aromatic rings. The zero-order valence-corrected chi connectivity index (χ0v) is 34.6. The van der Waals surface area contributed by atoms with Crippen molar-refractivity contribution in [3.05, 3.63) is 12.2 Å². The molecule has 4 nitrogen and oxygen atoms in total. The molecule has 5 heteroatoms. The summed E-state index contributed by atoms with van der Waals surface area (Å²) in [4.78, 5) is 23.6. The van der Waals surface area contributed by atoms with Gasteiger partial charge in [0.15, 0.2) is 0 Å². The number of hydrogen-bond donors (Lipinski definition) is 0. The third-order valence-corrected chi connectivity index (χ3v) is 8.84. The molecule has 0 aliphatic heterocycles. The van der Waals surface area contributed by atoms with Crippen molar-refractivity contribution in [3.63, 3.8) is 0 Å². The SMILES string of the molecule is CCCCCCCCCCCCCCCCCCOC(=O)/C=C\C(=O)OCCCCCCCCCCCCCCCCCC.[SnH2]. The van der Waals surface area contributed by atoms with Crippen LogP contribution in [0.4, 0.5) is 0 Å². The van der Waals surface area contributed by atoms with Crippen molar-refractivity contribution < 1.29 is 19.1 Å². The number of rotatable bonds is 36. The molecule has 0 heterocycles. The van der Waals surface area contributed by atoms with Gasteiger partial charge in [0, 0.05) is 12.2 Å². The summed E-state index contributed by atoms with van der Waals surface area (Å²) in [6, 6.07) is 0. The number of carbonyl (C=O) groups excluding carboxylic acids is 2. The van der Waals surface area contributed by atoms with Gasteiger partial charge in [-0.2, -0.15) is 0 Å². The second-order valence-electron chi connectivity index (χ2n) is 13.3. The van der Waals surface area contributed by atoms with Gasteiger partial charge in [0.1, 0.15) is 0 Å². The topological polar surface area (TPSA) is 52.6 Å². The molecule has 45 heavy (non-hydrogen) atoms. The van der Waals surface area contributed by atoms with Crippen molar-refractivity contribution in [1.82, 2.24) is 0 Å². The van der Waals surface area contributed by atoms with Crippen LogP contribution in [-0.4, -0.2) is 49.1 Å². The van der Waals surface area contributed by atoms with E-state index in [-0.39, 0.29) is 23.9 Å². The normalized spacial score (nSPS) is 11.2. The average Bonchev–Trinajstić information content (AvgIpc) is 3.03. The molecule has 0 saturated carbocycles. The van der Waals surface area contributed by atoms with Crippen molar-refractivity contribution >= 4 is 35.8 Å². The summed E-state index contributed by atoms with van der Waals surface area (Å²) in [6.07, 6.45) is 44.7. The van der Waals surface area contributed by atoms with Crippen molar-refractivity contribution in [1.29, 1.82) is 0 Å². The predicted octanol–water partition coefficient (Wildman–Crippen LogP) is 12.2. The minimum atomic E-state index is -0.453. The molecular formula is C40H78O4Sn. The van der Waals surface area contributed by atoms with E-state index in [4.69, 9.17) is 9.47 Å². The number of carbonyl (C=O) groups is 2. The van der Waals surface area contributed by atoms with E-state index in [0.29, 0.717) is 13.2 Å². The van der Waals surface area contributed by atoms with Gasteiger partial charge in [-0.25, -0.2) is 9.59 Å². The van der Waals surface area contributed by atoms with Gasteiger partial charge >= 0.3 is 35.8 Å². The molecule has 0 amide bonds. The summed E-state index contributed by atoms with van der Waals surface area (Å²) >= 11 is 0. The zero-order chi connectivity index (χ0) is 32.0. The van der Waals surface area contributed by atoms with Crippen molar-refractivity contribution in [2.75, 3.05) is 13.2 Å². The fourth-order valence-corrected chi connectivity index (χ4v) is 5.88. The van der Waals surface area contributed by atoms with Gasteiger partial charge in [-0.1, -0.05) is 206 Å². The monoisotopic (exact) mass is 742 g/mol. The molecule has 0 aliphatic carbocycles. The van der Waals surface area contributed by atoms with E-state index in [0.717, 1.165) is 25.7 Å². The number of ether oxygens (including phenoxy) is 2. The first-order valence-electron chi connectivity index (χ1n) is 19.7. The summed E-state index contributed by atoms with van der Waals surface area (Å²) in [5, 5.41) is 0. The molecule has 0 aromatic carbocycles. The molecule has 0 aliphatic rings. The van der Waals surface area contributed by atoms with Gasteiger partial charge in [0.05, 0.1) is 13.2 Å². The van der Waals surface area contributed by atoms with Gasteiger partial charge < -0.3 is 9.47 Å². The third-order valence-electron chi connectivity index (χ3n) is 8.84. The first-order chi connectivity index (χ1) is 21.7. The van der Waals surface area contributed by atoms with E-state index in [2.05, 4.69) is 13.8 Å². The summed E-state index contributed by atoms with van der Waals surface area (Å²) in [5.74, 6) is -0.907. The van der Waals surface area contributed by atoms with Crippen LogP contribution in [0.25, 0.3) is 0 Å². The van der Waals surface area contributed by atoms with Crippen LogP contribution in [0.2, 0.25) is 0 Å². The molecule has 0 atom stereocenters. The second-order valence-corrected chi connectivity index (χ2v) is 13.3. The fraction of sp³-hybridized carbons (Fsp3) is 0.900. The Morgan fingerprint density at radius 1 is 0.333 bits per heavy atom. The van der Waals surface area contributed by atoms with Crippen LogP contribution < -0.4 is 0 Å². The van der Waals surface area contributed by atoms with Gasteiger partial charge in [0.2, 0.25) is 0 Å². The molecule has 0 rings (SSSR count). The fourth-order valence-electron chi connectivity index (χ4n) is 5.88. The molecule has 0 N–H and O–H groups in total. The molecule has 0 saturated heterocycles. The molecule has 0 aromatic heterocycles. The van der Waals surface area contributed by atoms with Crippen molar-refractivity contribution in [2.45, 2.75) is 219 Å². The molecule has 0 spiro atoms. The summed E-state index contributed by atoms with van der Waals surface area (Å²) < 4.78 is 10.4. The predicted molar refractivity (Wildman–Crippen MR) is 199 cm³/mol. The van der Waals surface area contributed by atoms with E-state index in [1.165, 1.54) is 192 Å². The number of esters is 2. The minimum absolute atomic E-state index is 0. The molecule has 0 unspecified atom stereocenters. The first-order valence-corrected chi connectivity index (χ1v) is 19.7. The third kappa shape index (κ3) is 41.5.